The van der Waals surface area contributed by atoms with Gasteiger partial charge in [-0.3, -0.25) is 14.4 Å². The predicted octanol–water partition coefficient (Wildman–Crippen LogP) is -0.406. The number of carboxylic acids is 1. The molecule has 0 fully saturated rings. The molecular formula is C20H37N5O7. The average molecular weight is 460 g/mol. The SMILES string of the molecule is CC(C)[C@H](NC(=O)[C@@H](N)CCC(=O)OC(C)(C)C)C(=O)N[C@@H](CCCNC(N)=O)C(=O)O. The van der Waals surface area contributed by atoms with Gasteiger partial charge in [0.05, 0.1) is 6.04 Å². The van der Waals surface area contributed by atoms with Gasteiger partial charge in [0.15, 0.2) is 0 Å². The summed E-state index contributed by atoms with van der Waals surface area (Å²) in [5.74, 6) is -3.42. The third-order valence-electron chi connectivity index (χ3n) is 4.25. The molecule has 4 amide bonds. The first-order valence-electron chi connectivity index (χ1n) is 10.5. The first-order valence-corrected chi connectivity index (χ1v) is 10.5. The minimum Gasteiger partial charge on any atom is -0.480 e. The molecule has 184 valence electrons. The molecule has 8 N–H and O–H groups in total. The summed E-state index contributed by atoms with van der Waals surface area (Å²) >= 11 is 0. The number of nitrogens with one attached hydrogen (secondary N) is 3. The molecule has 0 heterocycles. The number of carboxylic acid groups (broad SMARTS) is 1. The van der Waals surface area contributed by atoms with Crippen LogP contribution in [-0.4, -0.2) is 65.2 Å². The van der Waals surface area contributed by atoms with Crippen molar-refractivity contribution in [3.63, 3.8) is 0 Å². The minimum atomic E-state index is -1.25. The van der Waals surface area contributed by atoms with Gasteiger partial charge in [-0.2, -0.15) is 0 Å². The first-order chi connectivity index (χ1) is 14.6. The van der Waals surface area contributed by atoms with Crippen LogP contribution >= 0.6 is 0 Å². The highest BCUT2D eigenvalue weighted by Gasteiger charge is 2.30. The van der Waals surface area contributed by atoms with Crippen molar-refractivity contribution in [3.05, 3.63) is 0 Å². The van der Waals surface area contributed by atoms with E-state index in [1.54, 1.807) is 34.6 Å². The lowest BCUT2D eigenvalue weighted by Crippen LogP contribution is -2.56. The van der Waals surface area contributed by atoms with Gasteiger partial charge in [-0.25, -0.2) is 9.59 Å². The summed E-state index contributed by atoms with van der Waals surface area (Å²) in [5.41, 5.74) is 10.1. The Balaban J connectivity index is 4.85. The topological polar surface area (TPSA) is 203 Å². The Kier molecular flexibility index (Phi) is 12.3. The third-order valence-corrected chi connectivity index (χ3v) is 4.25. The van der Waals surface area contributed by atoms with Gasteiger partial charge in [0.1, 0.15) is 17.7 Å². The minimum absolute atomic E-state index is 0.0256. The van der Waals surface area contributed by atoms with Crippen LogP contribution in [0.2, 0.25) is 0 Å². The fraction of sp³-hybridized carbons (Fsp3) is 0.750. The fourth-order valence-corrected chi connectivity index (χ4v) is 2.63. The van der Waals surface area contributed by atoms with E-state index in [4.69, 9.17) is 16.2 Å². The van der Waals surface area contributed by atoms with Gasteiger partial charge in [0.2, 0.25) is 11.8 Å². The van der Waals surface area contributed by atoms with E-state index in [9.17, 15) is 29.1 Å². The molecular weight excluding hydrogens is 422 g/mol. The molecule has 12 nitrogen and oxygen atoms in total. The number of ether oxygens (including phenoxy) is 1. The van der Waals surface area contributed by atoms with E-state index in [0.29, 0.717) is 0 Å². The summed E-state index contributed by atoms with van der Waals surface area (Å²) in [6, 6.07) is -4.02. The molecule has 0 saturated heterocycles. The number of carbonyl (C=O) groups is 5. The van der Waals surface area contributed by atoms with E-state index < -0.39 is 53.5 Å². The number of aliphatic carboxylic acids is 1. The second-order valence-corrected chi connectivity index (χ2v) is 8.79. The largest absolute Gasteiger partial charge is 0.480 e. The number of carbonyl (C=O) groups excluding carboxylic acids is 4. The Morgan fingerprint density at radius 3 is 2.06 bits per heavy atom. The van der Waals surface area contributed by atoms with E-state index in [2.05, 4.69) is 16.0 Å². The molecule has 0 rings (SSSR count). The van der Waals surface area contributed by atoms with E-state index in [0.717, 1.165) is 0 Å². The zero-order valence-electron chi connectivity index (χ0n) is 19.4. The fourth-order valence-electron chi connectivity index (χ4n) is 2.63. The number of rotatable bonds is 13. The Morgan fingerprint density at radius 1 is 1.00 bits per heavy atom. The van der Waals surface area contributed by atoms with Crippen molar-refractivity contribution in [2.45, 2.75) is 84.0 Å². The van der Waals surface area contributed by atoms with Crippen LogP contribution in [0.1, 0.15) is 60.3 Å². The maximum absolute atomic E-state index is 12.6. The van der Waals surface area contributed by atoms with Crippen molar-refractivity contribution >= 4 is 29.8 Å². The summed E-state index contributed by atoms with van der Waals surface area (Å²) in [6.07, 6.45) is 0.284. The standard InChI is InChI=1S/C20H37N5O7/c1-11(2)15(17(28)24-13(18(29)30)7-6-10-23-19(22)31)25-16(27)12(21)8-9-14(26)32-20(3,4)5/h11-13,15H,6-10,21H2,1-5H3,(H,24,28)(H,25,27)(H,29,30)(H3,22,23,31)/t12-,13-,15-/m0/s1. The highest BCUT2D eigenvalue weighted by molar-refractivity contribution is 5.92. The lowest BCUT2D eigenvalue weighted by atomic mass is 10.0. The van der Waals surface area contributed by atoms with Gasteiger partial charge in [0, 0.05) is 13.0 Å². The molecule has 0 aromatic carbocycles. The Morgan fingerprint density at radius 2 is 1.59 bits per heavy atom. The van der Waals surface area contributed by atoms with Crippen LogP contribution in [-0.2, 0) is 23.9 Å². The number of nitrogens with two attached hydrogens (primary N) is 2. The maximum Gasteiger partial charge on any atom is 0.326 e. The Bertz CT molecular complexity index is 676. The van der Waals surface area contributed by atoms with Crippen molar-refractivity contribution in [1.29, 1.82) is 0 Å². The van der Waals surface area contributed by atoms with E-state index in [-0.39, 0.29) is 38.1 Å². The van der Waals surface area contributed by atoms with Gasteiger partial charge in [-0.1, -0.05) is 13.8 Å². The highest BCUT2D eigenvalue weighted by atomic mass is 16.6. The summed E-state index contributed by atoms with van der Waals surface area (Å²) in [5, 5.41) is 16.6. The number of hydrogen-bond donors (Lipinski definition) is 6. The molecule has 0 aliphatic carbocycles. The van der Waals surface area contributed by atoms with Crippen LogP contribution < -0.4 is 27.4 Å². The molecule has 32 heavy (non-hydrogen) atoms. The number of hydrogen-bond acceptors (Lipinski definition) is 7. The number of esters is 1. The zero-order valence-corrected chi connectivity index (χ0v) is 19.4. The van der Waals surface area contributed by atoms with Crippen molar-refractivity contribution in [3.8, 4) is 0 Å². The van der Waals surface area contributed by atoms with Crippen molar-refractivity contribution in [2.24, 2.45) is 17.4 Å². The van der Waals surface area contributed by atoms with Gasteiger partial charge in [-0.05, 0) is 46.0 Å². The molecule has 0 spiro atoms. The van der Waals surface area contributed by atoms with Crippen LogP contribution in [0.5, 0.6) is 0 Å². The third kappa shape index (κ3) is 12.7. The molecule has 0 aromatic heterocycles. The Labute approximate surface area is 188 Å². The van der Waals surface area contributed by atoms with Crippen LogP contribution in [0.3, 0.4) is 0 Å². The van der Waals surface area contributed by atoms with E-state index in [1.165, 1.54) is 0 Å². The number of urea groups is 1. The molecule has 0 aliphatic heterocycles. The molecule has 0 aromatic rings. The van der Waals surface area contributed by atoms with Crippen LogP contribution in [0.25, 0.3) is 0 Å². The number of primary amides is 1. The smallest absolute Gasteiger partial charge is 0.326 e. The van der Waals surface area contributed by atoms with Gasteiger partial charge >= 0.3 is 18.0 Å². The lowest BCUT2D eigenvalue weighted by Gasteiger charge is -2.25. The molecule has 0 aliphatic rings. The van der Waals surface area contributed by atoms with E-state index in [1.807, 2.05) is 0 Å². The second-order valence-electron chi connectivity index (χ2n) is 8.79. The van der Waals surface area contributed by atoms with Crippen molar-refractivity contribution in [1.82, 2.24) is 16.0 Å². The summed E-state index contributed by atoms with van der Waals surface area (Å²) < 4.78 is 5.17. The maximum atomic E-state index is 12.6. The van der Waals surface area contributed by atoms with Crippen molar-refractivity contribution in [2.75, 3.05) is 6.54 Å². The summed E-state index contributed by atoms with van der Waals surface area (Å²) in [6.45, 7) is 8.70. The monoisotopic (exact) mass is 459 g/mol. The number of amides is 4. The van der Waals surface area contributed by atoms with Gasteiger partial charge in [0.25, 0.3) is 0 Å². The lowest BCUT2D eigenvalue weighted by molar-refractivity contribution is -0.155. The molecule has 0 bridgehead atoms. The molecule has 0 saturated carbocycles. The van der Waals surface area contributed by atoms with Crippen LogP contribution in [0.4, 0.5) is 4.79 Å². The molecule has 0 radical (unpaired) electrons. The summed E-state index contributed by atoms with van der Waals surface area (Å²) in [4.78, 5) is 59.0. The van der Waals surface area contributed by atoms with Crippen molar-refractivity contribution < 1.29 is 33.8 Å². The zero-order chi connectivity index (χ0) is 25.1. The Hall–Kier alpha value is -2.89. The van der Waals surface area contributed by atoms with E-state index >= 15 is 0 Å². The molecule has 0 unspecified atom stereocenters. The molecule has 12 heteroatoms. The van der Waals surface area contributed by atoms with Gasteiger partial charge < -0.3 is 37.3 Å². The molecule has 3 atom stereocenters. The normalized spacial score (nSPS) is 14.1. The average Bonchev–Trinajstić information content (AvgIpc) is 2.63. The van der Waals surface area contributed by atoms with Crippen LogP contribution in [0.15, 0.2) is 0 Å². The van der Waals surface area contributed by atoms with Gasteiger partial charge in [-0.15, -0.1) is 0 Å². The van der Waals surface area contributed by atoms with Crippen LogP contribution in [0, 0.1) is 5.92 Å². The summed E-state index contributed by atoms with van der Waals surface area (Å²) in [7, 11) is 0. The predicted molar refractivity (Wildman–Crippen MR) is 116 cm³/mol. The second kappa shape index (κ2) is 13.5. The highest BCUT2D eigenvalue weighted by Crippen LogP contribution is 2.10. The quantitative estimate of drug-likeness (QED) is 0.157. The first kappa shape index (κ1) is 29.1.